The molecule has 3 N–H and O–H groups in total. The maximum atomic E-state index is 12.2. The van der Waals surface area contributed by atoms with E-state index >= 15 is 0 Å². The van der Waals surface area contributed by atoms with Crippen LogP contribution in [-0.2, 0) is 16.6 Å². The van der Waals surface area contributed by atoms with E-state index in [1.54, 1.807) is 36.0 Å². The van der Waals surface area contributed by atoms with E-state index in [4.69, 9.17) is 5.73 Å². The molecule has 0 aliphatic rings. The first-order chi connectivity index (χ1) is 8.50. The Morgan fingerprint density at radius 2 is 2.22 bits per heavy atom. The van der Waals surface area contributed by atoms with Gasteiger partial charge in [0, 0.05) is 5.38 Å². The maximum Gasteiger partial charge on any atom is 0.243 e. The van der Waals surface area contributed by atoms with Crippen LogP contribution in [0.15, 0.2) is 34.0 Å². The van der Waals surface area contributed by atoms with Crippen LogP contribution in [0.3, 0.4) is 0 Å². The van der Waals surface area contributed by atoms with Crippen molar-refractivity contribution in [3.05, 3.63) is 40.3 Å². The molecule has 18 heavy (non-hydrogen) atoms. The molecular weight excluding hydrogens is 270 g/mol. The molecule has 0 fully saturated rings. The average molecular weight is 283 g/mol. The fourth-order valence-electron chi connectivity index (χ4n) is 1.61. The van der Waals surface area contributed by atoms with E-state index in [1.165, 1.54) is 11.3 Å². The highest BCUT2D eigenvalue weighted by atomic mass is 32.2. The average Bonchev–Trinajstić information content (AvgIpc) is 2.78. The van der Waals surface area contributed by atoms with Crippen molar-refractivity contribution in [2.75, 3.05) is 5.73 Å². The maximum absolute atomic E-state index is 12.2. The molecule has 0 spiro atoms. The van der Waals surface area contributed by atoms with Crippen LogP contribution in [0, 0.1) is 6.92 Å². The molecule has 1 aromatic heterocycles. The number of rotatable bonds is 4. The van der Waals surface area contributed by atoms with Crippen LogP contribution >= 0.6 is 11.3 Å². The molecule has 1 aromatic carbocycles. The van der Waals surface area contributed by atoms with Crippen LogP contribution in [0.4, 0.5) is 5.69 Å². The van der Waals surface area contributed by atoms with E-state index in [0.717, 1.165) is 0 Å². The monoisotopic (exact) mass is 283 g/mol. The molecule has 7 heteroatoms. The van der Waals surface area contributed by atoms with E-state index < -0.39 is 10.0 Å². The Kier molecular flexibility index (Phi) is 3.65. The van der Waals surface area contributed by atoms with Gasteiger partial charge in [-0.1, -0.05) is 12.1 Å². The van der Waals surface area contributed by atoms with Gasteiger partial charge in [0.15, 0.2) is 0 Å². The zero-order chi connectivity index (χ0) is 13.2. The first-order valence-electron chi connectivity index (χ1n) is 5.22. The van der Waals surface area contributed by atoms with E-state index in [1.807, 2.05) is 0 Å². The number of nitrogen functional groups attached to an aromatic ring is 1. The van der Waals surface area contributed by atoms with Crippen molar-refractivity contribution in [1.82, 2.24) is 9.71 Å². The zero-order valence-corrected chi connectivity index (χ0v) is 11.4. The summed E-state index contributed by atoms with van der Waals surface area (Å²) in [7, 11) is -3.61. The van der Waals surface area contributed by atoms with Gasteiger partial charge < -0.3 is 5.73 Å². The van der Waals surface area contributed by atoms with Crippen molar-refractivity contribution in [3.63, 3.8) is 0 Å². The van der Waals surface area contributed by atoms with Gasteiger partial charge in [0.1, 0.15) is 4.90 Å². The highest BCUT2D eigenvalue weighted by Gasteiger charge is 2.19. The van der Waals surface area contributed by atoms with Crippen LogP contribution in [0.5, 0.6) is 0 Å². The summed E-state index contributed by atoms with van der Waals surface area (Å²) in [6, 6.07) is 5.02. The second kappa shape index (κ2) is 5.05. The molecule has 0 unspecified atom stereocenters. The lowest BCUT2D eigenvalue weighted by molar-refractivity contribution is 0.580. The molecule has 2 aromatic rings. The van der Waals surface area contributed by atoms with Crippen molar-refractivity contribution >= 4 is 27.0 Å². The quantitative estimate of drug-likeness (QED) is 0.833. The number of anilines is 1. The lowest BCUT2D eigenvalue weighted by atomic mass is 10.2. The summed E-state index contributed by atoms with van der Waals surface area (Å²) in [6.07, 6.45) is 0. The van der Waals surface area contributed by atoms with Gasteiger partial charge in [-0.2, -0.15) is 0 Å². The molecule has 1 heterocycles. The molecule has 0 saturated heterocycles. The van der Waals surface area contributed by atoms with Gasteiger partial charge in [0.2, 0.25) is 10.0 Å². The summed E-state index contributed by atoms with van der Waals surface area (Å²) in [5.74, 6) is 0. The Morgan fingerprint density at radius 3 is 2.83 bits per heavy atom. The molecule has 0 aliphatic carbocycles. The fourth-order valence-corrected chi connectivity index (χ4v) is 3.52. The first kappa shape index (κ1) is 13.0. The van der Waals surface area contributed by atoms with Gasteiger partial charge in [-0.3, -0.25) is 0 Å². The third-order valence-corrected chi connectivity index (χ3v) is 4.69. The lowest BCUT2D eigenvalue weighted by Crippen LogP contribution is -2.25. The van der Waals surface area contributed by atoms with Crippen molar-refractivity contribution in [3.8, 4) is 0 Å². The Bertz CT molecular complexity index is 616. The van der Waals surface area contributed by atoms with E-state index in [9.17, 15) is 8.42 Å². The molecule has 0 radical (unpaired) electrons. The van der Waals surface area contributed by atoms with Crippen molar-refractivity contribution in [1.29, 1.82) is 0 Å². The molecule has 0 bridgehead atoms. The Morgan fingerprint density at radius 1 is 1.44 bits per heavy atom. The Balaban J connectivity index is 2.26. The fraction of sp³-hybridized carbons (Fsp3) is 0.182. The minimum Gasteiger partial charge on any atom is -0.398 e. The number of benzene rings is 1. The molecule has 0 aliphatic heterocycles. The van der Waals surface area contributed by atoms with Crippen molar-refractivity contribution in [2.45, 2.75) is 18.4 Å². The number of hydrogen-bond acceptors (Lipinski definition) is 5. The van der Waals surface area contributed by atoms with Crippen molar-refractivity contribution in [2.24, 2.45) is 0 Å². The normalized spacial score (nSPS) is 11.6. The number of aryl methyl sites for hydroxylation is 1. The topological polar surface area (TPSA) is 85.1 Å². The van der Waals surface area contributed by atoms with E-state index in [0.29, 0.717) is 11.3 Å². The molecule has 0 atom stereocenters. The van der Waals surface area contributed by atoms with Gasteiger partial charge >= 0.3 is 0 Å². The summed E-state index contributed by atoms with van der Waals surface area (Å²) in [5, 5.41) is 1.80. The van der Waals surface area contributed by atoms with Crippen LogP contribution in [0.2, 0.25) is 0 Å². The number of nitrogens with one attached hydrogen (secondary N) is 1. The number of aromatic nitrogens is 1. The minimum absolute atomic E-state index is 0.139. The van der Waals surface area contributed by atoms with Crippen LogP contribution < -0.4 is 10.5 Å². The summed E-state index contributed by atoms with van der Waals surface area (Å²) in [6.45, 7) is 1.88. The lowest BCUT2D eigenvalue weighted by Gasteiger charge is -2.10. The third kappa shape index (κ3) is 2.69. The largest absolute Gasteiger partial charge is 0.398 e. The summed E-state index contributed by atoms with van der Waals surface area (Å²) < 4.78 is 26.8. The molecule has 0 saturated carbocycles. The second-order valence-corrected chi connectivity index (χ2v) is 6.22. The molecule has 5 nitrogen and oxygen atoms in total. The zero-order valence-electron chi connectivity index (χ0n) is 9.75. The van der Waals surface area contributed by atoms with E-state index in [2.05, 4.69) is 9.71 Å². The van der Waals surface area contributed by atoms with Gasteiger partial charge in [0.25, 0.3) is 0 Å². The van der Waals surface area contributed by atoms with Crippen LogP contribution in [0.25, 0.3) is 0 Å². The first-order valence-corrected chi connectivity index (χ1v) is 7.65. The summed E-state index contributed by atoms with van der Waals surface area (Å²) >= 11 is 1.42. The molecule has 96 valence electrons. The minimum atomic E-state index is -3.61. The van der Waals surface area contributed by atoms with Crippen LogP contribution in [0.1, 0.15) is 11.3 Å². The third-order valence-electron chi connectivity index (χ3n) is 2.44. The smallest absolute Gasteiger partial charge is 0.243 e. The number of nitrogens with two attached hydrogens (primary N) is 1. The Labute approximate surface area is 110 Å². The summed E-state index contributed by atoms with van der Waals surface area (Å²) in [5.41, 5.74) is 8.95. The van der Waals surface area contributed by atoms with E-state index in [-0.39, 0.29) is 17.1 Å². The summed E-state index contributed by atoms with van der Waals surface area (Å²) in [4.78, 5) is 4.16. The van der Waals surface area contributed by atoms with Crippen LogP contribution in [-0.4, -0.2) is 13.4 Å². The molecule has 0 amide bonds. The number of sulfonamides is 1. The molecular formula is C11H13N3O2S2. The number of hydrogen-bond donors (Lipinski definition) is 2. The van der Waals surface area contributed by atoms with Gasteiger partial charge in [0.05, 0.1) is 23.4 Å². The standard InChI is InChI=1S/C11H13N3O2S2/c1-8-3-2-4-10(12)11(8)18(15,16)14-5-9-6-17-7-13-9/h2-4,6-7,14H,5,12H2,1H3. The number of thiazole rings is 1. The number of nitrogens with zero attached hydrogens (tertiary/aromatic N) is 1. The molecule has 2 rings (SSSR count). The Hall–Kier alpha value is -1.44. The van der Waals surface area contributed by atoms with Crippen molar-refractivity contribution < 1.29 is 8.42 Å². The highest BCUT2D eigenvalue weighted by molar-refractivity contribution is 7.89. The van der Waals surface area contributed by atoms with Gasteiger partial charge in [-0.05, 0) is 18.6 Å². The highest BCUT2D eigenvalue weighted by Crippen LogP contribution is 2.22. The van der Waals surface area contributed by atoms with Gasteiger partial charge in [-0.15, -0.1) is 11.3 Å². The predicted molar refractivity (Wildman–Crippen MR) is 71.7 cm³/mol. The SMILES string of the molecule is Cc1cccc(N)c1S(=O)(=O)NCc1cscn1. The predicted octanol–water partition coefficient (Wildman–Crippen LogP) is 1.51. The second-order valence-electron chi connectivity index (χ2n) is 3.80. The van der Waals surface area contributed by atoms with Gasteiger partial charge in [-0.25, -0.2) is 18.1 Å².